The quantitative estimate of drug-likeness (QED) is 0.450. The molecule has 1 amide bonds. The predicted octanol–water partition coefficient (Wildman–Crippen LogP) is 3.95. The zero-order valence-corrected chi connectivity index (χ0v) is 14.9. The van der Waals surface area contributed by atoms with Gasteiger partial charge in [-0.3, -0.25) is 4.79 Å². The van der Waals surface area contributed by atoms with Crippen LogP contribution in [-0.2, 0) is 0 Å². The van der Waals surface area contributed by atoms with Crippen LogP contribution in [0.3, 0.4) is 0 Å². The molecule has 5 nitrogen and oxygen atoms in total. The van der Waals surface area contributed by atoms with Gasteiger partial charge in [-0.15, -0.1) is 0 Å². The summed E-state index contributed by atoms with van der Waals surface area (Å²) in [6, 6.07) is 13.0. The Hall–Kier alpha value is -2.82. The van der Waals surface area contributed by atoms with Crippen molar-refractivity contribution in [2.75, 3.05) is 13.7 Å². The Kier molecular flexibility index (Phi) is 7.01. The van der Waals surface area contributed by atoms with Gasteiger partial charge in [0.1, 0.15) is 11.5 Å². The monoisotopic (exact) mass is 340 g/mol. The van der Waals surface area contributed by atoms with Crippen LogP contribution >= 0.6 is 0 Å². The molecule has 25 heavy (non-hydrogen) atoms. The Morgan fingerprint density at radius 2 is 2.00 bits per heavy atom. The van der Waals surface area contributed by atoms with Gasteiger partial charge in [0.2, 0.25) is 0 Å². The largest absolute Gasteiger partial charge is 0.496 e. The number of rotatable bonds is 8. The number of hydrogen-bond donors (Lipinski definition) is 1. The molecular formula is C20H24N2O3. The third-order valence-electron chi connectivity index (χ3n) is 3.65. The van der Waals surface area contributed by atoms with E-state index >= 15 is 0 Å². The highest BCUT2D eigenvalue weighted by molar-refractivity contribution is 5.97. The summed E-state index contributed by atoms with van der Waals surface area (Å²) >= 11 is 0. The molecule has 5 heteroatoms. The van der Waals surface area contributed by atoms with Crippen molar-refractivity contribution in [3.05, 3.63) is 59.2 Å². The van der Waals surface area contributed by atoms with Crippen molar-refractivity contribution in [2.24, 2.45) is 5.10 Å². The molecular weight excluding hydrogens is 316 g/mol. The summed E-state index contributed by atoms with van der Waals surface area (Å²) in [6.07, 6.45) is 3.65. The summed E-state index contributed by atoms with van der Waals surface area (Å²) in [5.74, 6) is 0.954. The van der Waals surface area contributed by atoms with Gasteiger partial charge in [-0.1, -0.05) is 31.5 Å². The number of para-hydroxylation sites is 1. The maximum atomic E-state index is 12.3. The molecule has 0 aromatic heterocycles. The second-order valence-corrected chi connectivity index (χ2v) is 5.64. The van der Waals surface area contributed by atoms with Gasteiger partial charge in [0.15, 0.2) is 0 Å². The van der Waals surface area contributed by atoms with Gasteiger partial charge in [-0.05, 0) is 43.2 Å². The average Bonchev–Trinajstić information content (AvgIpc) is 2.62. The molecule has 0 saturated heterocycles. The molecule has 0 aliphatic rings. The van der Waals surface area contributed by atoms with Gasteiger partial charge in [0.05, 0.1) is 25.5 Å². The number of ether oxygens (including phenoxy) is 2. The van der Waals surface area contributed by atoms with E-state index in [0.717, 1.165) is 29.7 Å². The fraction of sp³-hybridized carbons (Fsp3) is 0.300. The van der Waals surface area contributed by atoms with Crippen LogP contribution in [0.25, 0.3) is 0 Å². The molecule has 1 N–H and O–H groups in total. The Bertz CT molecular complexity index is 741. The molecule has 0 radical (unpaired) electrons. The topological polar surface area (TPSA) is 59.9 Å². The second kappa shape index (κ2) is 9.47. The second-order valence-electron chi connectivity index (χ2n) is 5.64. The molecule has 2 aromatic carbocycles. The minimum Gasteiger partial charge on any atom is -0.496 e. The summed E-state index contributed by atoms with van der Waals surface area (Å²) in [6.45, 7) is 4.72. The molecule has 2 rings (SSSR count). The summed E-state index contributed by atoms with van der Waals surface area (Å²) in [5, 5.41) is 4.04. The van der Waals surface area contributed by atoms with Crippen LogP contribution in [0.2, 0.25) is 0 Å². The molecule has 0 spiro atoms. The third kappa shape index (κ3) is 5.35. The molecule has 132 valence electrons. The van der Waals surface area contributed by atoms with Crippen LogP contribution in [-0.4, -0.2) is 25.8 Å². The number of carbonyl (C=O) groups excluding carboxylic acids is 1. The molecule has 0 bridgehead atoms. The Morgan fingerprint density at radius 3 is 2.76 bits per heavy atom. The first-order valence-corrected chi connectivity index (χ1v) is 8.35. The van der Waals surface area contributed by atoms with E-state index in [1.54, 1.807) is 19.4 Å². The molecule has 0 saturated carbocycles. The van der Waals surface area contributed by atoms with E-state index < -0.39 is 0 Å². The Balaban J connectivity index is 2.05. The molecule has 0 fully saturated rings. The van der Waals surface area contributed by atoms with Gasteiger partial charge < -0.3 is 9.47 Å². The number of methoxy groups -OCH3 is 1. The fourth-order valence-corrected chi connectivity index (χ4v) is 2.25. The highest BCUT2D eigenvalue weighted by Crippen LogP contribution is 2.20. The van der Waals surface area contributed by atoms with Crippen LogP contribution in [0.5, 0.6) is 11.5 Å². The minimum atomic E-state index is -0.322. The van der Waals surface area contributed by atoms with Gasteiger partial charge in [-0.25, -0.2) is 5.43 Å². The number of carbonyl (C=O) groups is 1. The number of aryl methyl sites for hydroxylation is 1. The van der Waals surface area contributed by atoms with E-state index in [9.17, 15) is 4.79 Å². The molecule has 2 aromatic rings. The van der Waals surface area contributed by atoms with Crippen LogP contribution in [0.4, 0.5) is 0 Å². The first kappa shape index (κ1) is 18.5. The lowest BCUT2D eigenvalue weighted by Gasteiger charge is -2.09. The fourth-order valence-electron chi connectivity index (χ4n) is 2.25. The van der Waals surface area contributed by atoms with Crippen molar-refractivity contribution in [2.45, 2.75) is 26.7 Å². The number of benzene rings is 2. The standard InChI is InChI=1S/C20H24N2O3/c1-4-5-12-25-18-9-7-6-8-16(18)14-21-22-20(23)17-11-10-15(2)13-19(17)24-3/h6-11,13-14H,4-5,12H2,1-3H3,(H,22,23)/b21-14+. The number of nitrogens with zero attached hydrogens (tertiary/aromatic N) is 1. The zero-order chi connectivity index (χ0) is 18.1. The van der Waals surface area contributed by atoms with E-state index in [1.165, 1.54) is 0 Å². The van der Waals surface area contributed by atoms with Crippen molar-refractivity contribution < 1.29 is 14.3 Å². The van der Waals surface area contributed by atoms with Crippen molar-refractivity contribution in [3.63, 3.8) is 0 Å². The summed E-state index contributed by atoms with van der Waals surface area (Å²) in [4.78, 5) is 12.3. The first-order chi connectivity index (χ1) is 12.2. The molecule has 0 heterocycles. The maximum Gasteiger partial charge on any atom is 0.275 e. The molecule has 0 unspecified atom stereocenters. The van der Waals surface area contributed by atoms with Gasteiger partial charge in [0.25, 0.3) is 5.91 Å². The number of nitrogens with one attached hydrogen (secondary N) is 1. The van der Waals surface area contributed by atoms with Crippen LogP contribution in [0.15, 0.2) is 47.6 Å². The molecule has 0 atom stereocenters. The number of unbranched alkanes of at least 4 members (excludes halogenated alkanes) is 1. The average molecular weight is 340 g/mol. The molecule has 0 aliphatic carbocycles. The van der Waals surface area contributed by atoms with Crippen molar-refractivity contribution in [3.8, 4) is 11.5 Å². The van der Waals surface area contributed by atoms with Crippen molar-refractivity contribution in [1.29, 1.82) is 0 Å². The smallest absolute Gasteiger partial charge is 0.275 e. The van der Waals surface area contributed by atoms with Crippen LogP contribution in [0, 0.1) is 6.92 Å². The minimum absolute atomic E-state index is 0.322. The van der Waals surface area contributed by atoms with E-state index in [1.807, 2.05) is 43.3 Å². The van der Waals surface area contributed by atoms with Gasteiger partial charge >= 0.3 is 0 Å². The summed E-state index contributed by atoms with van der Waals surface area (Å²) < 4.78 is 11.0. The Morgan fingerprint density at radius 1 is 1.20 bits per heavy atom. The van der Waals surface area contributed by atoms with E-state index in [0.29, 0.717) is 17.9 Å². The first-order valence-electron chi connectivity index (χ1n) is 8.35. The lowest BCUT2D eigenvalue weighted by atomic mass is 10.1. The van der Waals surface area contributed by atoms with Crippen molar-refractivity contribution in [1.82, 2.24) is 5.43 Å². The lowest BCUT2D eigenvalue weighted by Crippen LogP contribution is -2.18. The van der Waals surface area contributed by atoms with E-state index in [4.69, 9.17) is 9.47 Å². The maximum absolute atomic E-state index is 12.3. The van der Waals surface area contributed by atoms with Crippen LogP contribution in [0.1, 0.15) is 41.3 Å². The highest BCUT2D eigenvalue weighted by atomic mass is 16.5. The van der Waals surface area contributed by atoms with E-state index in [2.05, 4.69) is 17.5 Å². The predicted molar refractivity (Wildman–Crippen MR) is 99.6 cm³/mol. The highest BCUT2D eigenvalue weighted by Gasteiger charge is 2.11. The number of hydrazone groups is 1. The molecule has 0 aliphatic heterocycles. The lowest BCUT2D eigenvalue weighted by molar-refractivity contribution is 0.0952. The number of hydrogen-bond acceptors (Lipinski definition) is 4. The Labute approximate surface area is 148 Å². The van der Waals surface area contributed by atoms with Crippen molar-refractivity contribution >= 4 is 12.1 Å². The van der Waals surface area contributed by atoms with Gasteiger partial charge in [0, 0.05) is 5.56 Å². The summed E-state index contributed by atoms with van der Waals surface area (Å²) in [7, 11) is 1.54. The summed E-state index contributed by atoms with van der Waals surface area (Å²) in [5.41, 5.74) is 4.81. The third-order valence-corrected chi connectivity index (χ3v) is 3.65. The number of amides is 1. The van der Waals surface area contributed by atoms with E-state index in [-0.39, 0.29) is 5.91 Å². The SMILES string of the molecule is CCCCOc1ccccc1/C=N/NC(=O)c1ccc(C)cc1OC. The van der Waals surface area contributed by atoms with Gasteiger partial charge in [-0.2, -0.15) is 5.10 Å². The van der Waals surface area contributed by atoms with Crippen LogP contribution < -0.4 is 14.9 Å². The zero-order valence-electron chi connectivity index (χ0n) is 14.9. The normalized spacial score (nSPS) is 10.7.